The molecule has 74 valence electrons. The summed E-state index contributed by atoms with van der Waals surface area (Å²) >= 11 is 0. The van der Waals surface area contributed by atoms with Crippen LogP contribution in [-0.4, -0.2) is 34.9 Å². The van der Waals surface area contributed by atoms with Gasteiger partial charge in [0.2, 0.25) is 0 Å². The molecule has 0 amide bonds. The van der Waals surface area contributed by atoms with Crippen LogP contribution in [0.2, 0.25) is 0 Å². The van der Waals surface area contributed by atoms with E-state index in [-0.39, 0.29) is 0 Å². The number of hydrogen-bond donors (Lipinski definition) is 6. The van der Waals surface area contributed by atoms with Crippen molar-refractivity contribution < 1.29 is 29.4 Å². The van der Waals surface area contributed by atoms with Crippen LogP contribution in [0.25, 0.3) is 10.4 Å². The van der Waals surface area contributed by atoms with Crippen LogP contribution in [0.15, 0.2) is 5.11 Å². The normalized spacial score (nSPS) is 17.8. The van der Waals surface area contributed by atoms with Gasteiger partial charge in [-0.3, -0.25) is 0 Å². The Morgan fingerprint density at radius 3 is 1.42 bits per heavy atom. The first-order valence-corrected chi connectivity index (χ1v) is 6.42. The van der Waals surface area contributed by atoms with E-state index in [1.807, 2.05) is 4.91 Å². The molecule has 0 bridgehead atoms. The minimum absolute atomic E-state index is 2.00. The van der Waals surface area contributed by atoms with Crippen molar-refractivity contribution in [3.05, 3.63) is 10.4 Å². The zero-order valence-corrected chi connectivity index (χ0v) is 7.60. The van der Waals surface area contributed by atoms with E-state index in [2.05, 4.69) is 5.11 Å². The summed E-state index contributed by atoms with van der Waals surface area (Å²) < 4.78 is 0. The summed E-state index contributed by atoms with van der Waals surface area (Å²) in [5, 5.41) is 2.47. The fraction of sp³-hybridized carbons (Fsp3) is 1.00. The van der Waals surface area contributed by atoms with E-state index < -0.39 is 21.4 Å². The van der Waals surface area contributed by atoms with Crippen LogP contribution in [0, 0.1) is 0 Å². The molecule has 0 fully saturated rings. The van der Waals surface area contributed by atoms with Crippen LogP contribution in [0.3, 0.4) is 0 Å². The Morgan fingerprint density at radius 2 is 1.33 bits per heavy atom. The summed E-state index contributed by atoms with van der Waals surface area (Å²) in [4.78, 5) is 52.9. The van der Waals surface area contributed by atoms with Crippen LogP contribution in [-0.2, 0) is 0 Å². The number of rotatable bonds is 3. The van der Waals surface area contributed by atoms with Crippen LogP contribution < -0.4 is 0 Å². The van der Waals surface area contributed by atoms with Gasteiger partial charge >= 0.3 is 66.3 Å². The second-order valence-electron chi connectivity index (χ2n) is 1.98. The summed E-state index contributed by atoms with van der Waals surface area (Å²) in [5.74, 6) is 0. The molecule has 0 aromatic heterocycles. The predicted molar refractivity (Wildman–Crippen MR) is 42.9 cm³/mol. The summed E-state index contributed by atoms with van der Waals surface area (Å²) in [6, 6.07) is 0. The number of hydrogen-bond acceptors (Lipinski definition) is 7. The van der Waals surface area contributed by atoms with E-state index in [1.165, 1.54) is 0 Å². The van der Waals surface area contributed by atoms with E-state index >= 15 is 0 Å². The van der Waals surface area contributed by atoms with E-state index in [1.54, 1.807) is 0 Å². The maximum atomic E-state index is 8.48. The molecule has 12 heavy (non-hydrogen) atoms. The van der Waals surface area contributed by atoms with Crippen molar-refractivity contribution in [2.45, 2.75) is 5.52 Å². The van der Waals surface area contributed by atoms with Gasteiger partial charge in [-0.15, -0.1) is 0 Å². The predicted octanol–water partition coefficient (Wildman–Crippen LogP) is -1.48. The van der Waals surface area contributed by atoms with Gasteiger partial charge in [0, 0.05) is 0 Å². The molecule has 0 heterocycles. The van der Waals surface area contributed by atoms with Gasteiger partial charge in [0.15, 0.2) is 0 Å². The second-order valence-corrected chi connectivity index (χ2v) is 6.40. The van der Waals surface area contributed by atoms with Gasteiger partial charge in [-0.1, -0.05) is 0 Å². The molecule has 0 aromatic rings. The second kappa shape index (κ2) is 3.76. The average molecular weight is 221 g/mol. The van der Waals surface area contributed by atoms with Gasteiger partial charge in [-0.2, -0.15) is 0 Å². The van der Waals surface area contributed by atoms with Crippen molar-refractivity contribution >= 4 is 15.9 Å². The van der Waals surface area contributed by atoms with E-state index in [9.17, 15) is 0 Å². The third-order valence-electron chi connectivity index (χ3n) is 0.901. The first kappa shape index (κ1) is 11.9. The zero-order chi connectivity index (χ0) is 9.99. The Kier molecular flexibility index (Phi) is 3.74. The van der Waals surface area contributed by atoms with Gasteiger partial charge < -0.3 is 0 Å². The van der Waals surface area contributed by atoms with Crippen LogP contribution in [0.5, 0.6) is 0 Å². The van der Waals surface area contributed by atoms with Crippen molar-refractivity contribution in [1.82, 2.24) is 0 Å². The van der Waals surface area contributed by atoms with E-state index in [0.717, 1.165) is 0 Å². The van der Waals surface area contributed by atoms with E-state index in [0.29, 0.717) is 0 Å². The molecule has 0 aliphatic heterocycles. The summed E-state index contributed by atoms with van der Waals surface area (Å²) in [5.41, 5.74) is 5.45. The van der Waals surface area contributed by atoms with Gasteiger partial charge in [0.1, 0.15) is 0 Å². The molecule has 6 N–H and O–H groups in total. The molecular formula is CH9N3O6P2. The Morgan fingerprint density at radius 1 is 1.00 bits per heavy atom. The summed E-state index contributed by atoms with van der Waals surface area (Å²) in [6.45, 7) is 0. The standard InChI is InChI=1S/CH9N3O6P2/c2-4-3-1(11(5,6)7)12(8,9)10/h1,5-12H. The molecular weight excluding hydrogens is 212 g/mol. The fourth-order valence-corrected chi connectivity index (χ4v) is 2.96. The molecule has 0 aliphatic carbocycles. The third kappa shape index (κ3) is 3.55. The summed E-state index contributed by atoms with van der Waals surface area (Å²) in [6.07, 6.45) is 0. The Hall–Kier alpha value is -0.0700. The van der Waals surface area contributed by atoms with Crippen LogP contribution >= 0.6 is 15.9 Å². The van der Waals surface area contributed by atoms with Crippen molar-refractivity contribution in [2.75, 3.05) is 0 Å². The Labute approximate surface area is 67.3 Å². The first-order valence-electron chi connectivity index (χ1n) is 2.58. The molecule has 0 radical (unpaired) electrons. The molecule has 0 aromatic carbocycles. The molecule has 11 heteroatoms. The summed E-state index contributed by atoms with van der Waals surface area (Å²) in [7, 11) is -10.1. The Bertz CT molecular complexity index is 186. The first-order chi connectivity index (χ1) is 5.19. The monoisotopic (exact) mass is 221 g/mol. The van der Waals surface area contributed by atoms with Crippen LogP contribution in [0.1, 0.15) is 0 Å². The molecule has 0 saturated carbocycles. The van der Waals surface area contributed by atoms with Gasteiger partial charge in [-0.25, -0.2) is 0 Å². The van der Waals surface area contributed by atoms with Gasteiger partial charge in [-0.05, 0) is 0 Å². The molecule has 0 rings (SSSR count). The molecule has 0 unspecified atom stereocenters. The quantitative estimate of drug-likeness (QED) is 0.147. The number of azide groups is 1. The molecule has 0 spiro atoms. The van der Waals surface area contributed by atoms with E-state index in [4.69, 9.17) is 34.9 Å². The fourth-order valence-electron chi connectivity index (χ4n) is 0.466. The molecule has 9 nitrogen and oxygen atoms in total. The Balaban J connectivity index is 4.81. The molecule has 0 saturated heterocycles. The van der Waals surface area contributed by atoms with Crippen LogP contribution in [0.4, 0.5) is 0 Å². The molecule has 0 aliphatic rings. The maximum absolute atomic E-state index is 8.48. The topological polar surface area (TPSA) is 170 Å². The SMILES string of the molecule is [N-]=[N+]=NC([PH](O)(O)O)[PH](O)(O)O. The average Bonchev–Trinajstić information content (AvgIpc) is 1.77. The minimum atomic E-state index is -5.05. The van der Waals surface area contributed by atoms with Crippen molar-refractivity contribution in [3.63, 3.8) is 0 Å². The molecule has 0 atom stereocenters. The van der Waals surface area contributed by atoms with Crippen molar-refractivity contribution in [2.24, 2.45) is 5.11 Å². The zero-order valence-electron chi connectivity index (χ0n) is 5.60. The third-order valence-corrected chi connectivity index (χ3v) is 4.92. The van der Waals surface area contributed by atoms with Gasteiger partial charge in [0.05, 0.1) is 0 Å². The van der Waals surface area contributed by atoms with Crippen molar-refractivity contribution in [1.29, 1.82) is 0 Å². The van der Waals surface area contributed by atoms with Gasteiger partial charge in [0.25, 0.3) is 0 Å². The van der Waals surface area contributed by atoms with Crippen molar-refractivity contribution in [3.8, 4) is 0 Å². The number of nitrogens with zero attached hydrogens (tertiary/aromatic N) is 3.